The number of benzene rings is 1. The Morgan fingerprint density at radius 1 is 1.03 bits per heavy atom. The minimum Gasteiger partial charge on any atom is -0.350 e. The van der Waals surface area contributed by atoms with Crippen LogP contribution in [0, 0.1) is 0 Å². The number of amides is 1. The molecule has 0 aliphatic carbocycles. The van der Waals surface area contributed by atoms with E-state index in [4.69, 9.17) is 0 Å². The van der Waals surface area contributed by atoms with E-state index in [9.17, 15) is 31.1 Å². The number of rotatable bonds is 5. The van der Waals surface area contributed by atoms with Gasteiger partial charge in [-0.25, -0.2) is 0 Å². The predicted octanol–water partition coefficient (Wildman–Crippen LogP) is 5.08. The number of carbonyl (C=O) groups excluding carboxylic acids is 1. The van der Waals surface area contributed by atoms with Crippen LogP contribution < -0.4 is 5.32 Å². The first-order valence-electron chi connectivity index (χ1n) is 8.19. The average molecular weight is 433 g/mol. The topological polar surface area (TPSA) is 46.9 Å². The largest absolute Gasteiger partial charge is 0.416 e. The van der Waals surface area contributed by atoms with Crippen molar-refractivity contribution in [3.8, 4) is 10.6 Å². The summed E-state index contributed by atoms with van der Waals surface area (Å²) in [6, 6.07) is 6.28. The highest BCUT2D eigenvalue weighted by molar-refractivity contribution is 7.13. The van der Waals surface area contributed by atoms with Gasteiger partial charge in [0.05, 0.1) is 22.5 Å². The van der Waals surface area contributed by atoms with Gasteiger partial charge >= 0.3 is 12.4 Å². The molecule has 0 aliphatic rings. The van der Waals surface area contributed by atoms with Crippen LogP contribution in [0.4, 0.5) is 26.3 Å². The maximum Gasteiger partial charge on any atom is 0.416 e. The second kappa shape index (κ2) is 7.90. The molecule has 0 saturated carbocycles. The lowest BCUT2D eigenvalue weighted by Gasteiger charge is -2.14. The number of carbonyl (C=O) groups is 1. The normalized spacial score (nSPS) is 12.2. The lowest BCUT2D eigenvalue weighted by Crippen LogP contribution is -2.28. The molecule has 0 fully saturated rings. The number of halogens is 6. The van der Waals surface area contributed by atoms with Crippen molar-refractivity contribution < 1.29 is 31.1 Å². The molecule has 0 radical (unpaired) electrons. The number of aromatic nitrogens is 2. The van der Waals surface area contributed by atoms with Gasteiger partial charge in [0.1, 0.15) is 5.69 Å². The molecule has 0 spiro atoms. The maximum atomic E-state index is 12.9. The number of hydrogen-bond donors (Lipinski definition) is 1. The third kappa shape index (κ3) is 5.17. The quantitative estimate of drug-likeness (QED) is 0.571. The van der Waals surface area contributed by atoms with E-state index in [1.807, 2.05) is 17.5 Å². The Kier molecular flexibility index (Phi) is 5.69. The molecule has 1 N–H and O–H groups in total. The molecule has 0 bridgehead atoms. The van der Waals surface area contributed by atoms with Gasteiger partial charge in [0, 0.05) is 18.3 Å². The van der Waals surface area contributed by atoms with E-state index in [1.165, 1.54) is 16.0 Å². The fourth-order valence-electron chi connectivity index (χ4n) is 2.51. The third-order valence-electron chi connectivity index (χ3n) is 3.89. The summed E-state index contributed by atoms with van der Waals surface area (Å²) in [5.74, 6) is -1.03. The van der Waals surface area contributed by atoms with E-state index >= 15 is 0 Å². The van der Waals surface area contributed by atoms with Gasteiger partial charge in [-0.3, -0.25) is 9.48 Å². The lowest BCUT2D eigenvalue weighted by atomic mass is 10.0. The third-order valence-corrected chi connectivity index (χ3v) is 4.78. The van der Waals surface area contributed by atoms with E-state index < -0.39 is 35.0 Å². The molecule has 3 rings (SSSR count). The molecular weight excluding hydrogens is 420 g/mol. The van der Waals surface area contributed by atoms with Crippen molar-refractivity contribution in [3.05, 3.63) is 64.7 Å². The highest BCUT2D eigenvalue weighted by Crippen LogP contribution is 2.36. The molecule has 0 aliphatic heterocycles. The highest BCUT2D eigenvalue weighted by Gasteiger charge is 2.37. The van der Waals surface area contributed by atoms with E-state index in [-0.39, 0.29) is 19.2 Å². The van der Waals surface area contributed by atoms with E-state index in [0.717, 1.165) is 10.6 Å². The van der Waals surface area contributed by atoms with Crippen LogP contribution in [0.5, 0.6) is 0 Å². The monoisotopic (exact) mass is 433 g/mol. The van der Waals surface area contributed by atoms with E-state index in [0.29, 0.717) is 12.1 Å². The fraction of sp³-hybridized carbons (Fsp3) is 0.222. The fourth-order valence-corrected chi connectivity index (χ4v) is 3.20. The number of hydrogen-bond acceptors (Lipinski definition) is 3. The summed E-state index contributed by atoms with van der Waals surface area (Å²) in [4.78, 5) is 13.1. The Morgan fingerprint density at radius 2 is 1.69 bits per heavy atom. The number of nitrogens with one attached hydrogen (secondary N) is 1. The van der Waals surface area contributed by atoms with Crippen molar-refractivity contribution in [1.82, 2.24) is 15.1 Å². The van der Waals surface area contributed by atoms with Crippen molar-refractivity contribution in [2.45, 2.75) is 18.9 Å². The minimum absolute atomic E-state index is 0.0212. The summed E-state index contributed by atoms with van der Waals surface area (Å²) in [5.41, 5.74) is -3.07. The lowest BCUT2D eigenvalue weighted by molar-refractivity contribution is -0.143. The first kappa shape index (κ1) is 20.9. The summed E-state index contributed by atoms with van der Waals surface area (Å²) in [5, 5.41) is 8.50. The smallest absolute Gasteiger partial charge is 0.350 e. The maximum absolute atomic E-state index is 12.9. The second-order valence-electron chi connectivity index (χ2n) is 5.99. The van der Waals surface area contributed by atoms with Crippen molar-refractivity contribution in [1.29, 1.82) is 0 Å². The summed E-state index contributed by atoms with van der Waals surface area (Å²) >= 11 is 1.49. The first-order valence-corrected chi connectivity index (χ1v) is 9.07. The minimum atomic E-state index is -5.01. The molecule has 0 saturated heterocycles. The Morgan fingerprint density at radius 3 is 2.24 bits per heavy atom. The van der Waals surface area contributed by atoms with Gasteiger partial charge < -0.3 is 5.32 Å². The molecule has 29 heavy (non-hydrogen) atoms. The van der Waals surface area contributed by atoms with Crippen molar-refractivity contribution in [2.75, 3.05) is 6.54 Å². The summed E-state index contributed by atoms with van der Waals surface area (Å²) in [7, 11) is 0. The Bertz CT molecular complexity index is 960. The van der Waals surface area contributed by atoms with Crippen LogP contribution in [-0.2, 0) is 18.9 Å². The van der Waals surface area contributed by atoms with Gasteiger partial charge in [-0.2, -0.15) is 31.4 Å². The van der Waals surface area contributed by atoms with Gasteiger partial charge in [-0.1, -0.05) is 6.07 Å². The van der Waals surface area contributed by atoms with Crippen LogP contribution >= 0.6 is 11.3 Å². The Labute approximate surface area is 164 Å². The molecule has 154 valence electrons. The first-order chi connectivity index (χ1) is 13.5. The SMILES string of the molecule is O=C(NCCn1ccc(-c2cccs2)n1)c1cc(C(F)(F)F)cc(C(F)(F)F)c1. The predicted molar refractivity (Wildman–Crippen MR) is 94.3 cm³/mol. The summed E-state index contributed by atoms with van der Waals surface area (Å²) in [6.45, 7) is 0.171. The molecule has 2 aromatic heterocycles. The van der Waals surface area contributed by atoms with Crippen LogP contribution in [-0.4, -0.2) is 22.2 Å². The standard InChI is InChI=1S/C18H13F6N3OS/c19-17(20,21)12-8-11(9-13(10-12)18(22,23)24)16(28)25-4-6-27-5-3-14(26-27)15-2-1-7-29-15/h1-3,5,7-10H,4,6H2,(H,25,28). The Balaban J connectivity index is 1.69. The van der Waals surface area contributed by atoms with Gasteiger partial charge in [-0.05, 0) is 35.7 Å². The van der Waals surface area contributed by atoms with E-state index in [2.05, 4.69) is 10.4 Å². The van der Waals surface area contributed by atoms with Crippen LogP contribution in [0.2, 0.25) is 0 Å². The second-order valence-corrected chi connectivity index (χ2v) is 6.94. The van der Waals surface area contributed by atoms with E-state index in [1.54, 1.807) is 12.3 Å². The molecule has 2 heterocycles. The Hall–Kier alpha value is -2.82. The number of alkyl halides is 6. The van der Waals surface area contributed by atoms with Gasteiger partial charge in [-0.15, -0.1) is 11.3 Å². The molecular formula is C18H13F6N3OS. The van der Waals surface area contributed by atoms with Crippen LogP contribution in [0.1, 0.15) is 21.5 Å². The zero-order valence-electron chi connectivity index (χ0n) is 14.5. The molecule has 1 aromatic carbocycles. The van der Waals surface area contributed by atoms with Gasteiger partial charge in [0.2, 0.25) is 0 Å². The highest BCUT2D eigenvalue weighted by atomic mass is 32.1. The number of thiophene rings is 1. The van der Waals surface area contributed by atoms with Crippen LogP contribution in [0.15, 0.2) is 48.0 Å². The van der Waals surface area contributed by atoms with Crippen molar-refractivity contribution >= 4 is 17.2 Å². The average Bonchev–Trinajstić information content (AvgIpc) is 3.31. The van der Waals surface area contributed by atoms with Gasteiger partial charge in [0.15, 0.2) is 0 Å². The van der Waals surface area contributed by atoms with Crippen molar-refractivity contribution in [3.63, 3.8) is 0 Å². The number of nitrogens with zero attached hydrogens (tertiary/aromatic N) is 2. The van der Waals surface area contributed by atoms with Gasteiger partial charge in [0.25, 0.3) is 5.91 Å². The molecule has 0 unspecified atom stereocenters. The van der Waals surface area contributed by atoms with Crippen LogP contribution in [0.3, 0.4) is 0 Å². The molecule has 4 nitrogen and oxygen atoms in total. The molecule has 3 aromatic rings. The molecule has 11 heteroatoms. The zero-order chi connectivity index (χ0) is 21.2. The van der Waals surface area contributed by atoms with Crippen LogP contribution in [0.25, 0.3) is 10.6 Å². The van der Waals surface area contributed by atoms with Crippen molar-refractivity contribution in [2.24, 2.45) is 0 Å². The summed E-state index contributed by atoms with van der Waals surface area (Å²) < 4.78 is 78.8. The zero-order valence-corrected chi connectivity index (χ0v) is 15.3. The molecule has 1 amide bonds. The molecule has 0 atom stereocenters. The summed E-state index contributed by atoms with van der Waals surface area (Å²) in [6.07, 6.45) is -8.36.